The fraction of sp³-hybridized carbons (Fsp3) is 0.300. The third kappa shape index (κ3) is 4.57. The standard InChI is InChI=1S/C20H23N3O5S/c1-28-18-10-9-16(29(26,27)23-11-3-2-4-12-23)13-17(18)20(25)22-15-7-5-14(6-8-15)19(21)24/h5-10,13H,2-4,11-12H2,1H3,(H2,21,24)(H,22,25). The number of primary amides is 1. The lowest BCUT2D eigenvalue weighted by atomic mass is 10.1. The van der Waals surface area contributed by atoms with Crippen molar-refractivity contribution in [1.29, 1.82) is 0 Å². The predicted molar refractivity (Wildman–Crippen MR) is 109 cm³/mol. The Hall–Kier alpha value is -2.91. The molecule has 0 spiro atoms. The monoisotopic (exact) mass is 417 g/mol. The Morgan fingerprint density at radius 2 is 1.69 bits per heavy atom. The maximum atomic E-state index is 12.9. The number of amides is 2. The lowest BCUT2D eigenvalue weighted by Crippen LogP contribution is -2.35. The molecule has 9 heteroatoms. The van der Waals surface area contributed by atoms with E-state index in [0.29, 0.717) is 24.3 Å². The van der Waals surface area contributed by atoms with Crippen molar-refractivity contribution in [1.82, 2.24) is 4.31 Å². The minimum Gasteiger partial charge on any atom is -0.496 e. The van der Waals surface area contributed by atoms with Crippen molar-refractivity contribution in [2.45, 2.75) is 24.2 Å². The van der Waals surface area contributed by atoms with E-state index in [4.69, 9.17) is 10.5 Å². The fourth-order valence-electron chi connectivity index (χ4n) is 3.20. The maximum absolute atomic E-state index is 12.9. The number of hydrogen-bond donors (Lipinski definition) is 2. The first-order valence-corrected chi connectivity index (χ1v) is 10.7. The molecule has 0 atom stereocenters. The quantitative estimate of drug-likeness (QED) is 0.747. The van der Waals surface area contributed by atoms with Crippen LogP contribution in [0.25, 0.3) is 0 Å². The summed E-state index contributed by atoms with van der Waals surface area (Å²) in [5.41, 5.74) is 6.06. The van der Waals surface area contributed by atoms with Gasteiger partial charge in [-0.15, -0.1) is 0 Å². The maximum Gasteiger partial charge on any atom is 0.259 e. The van der Waals surface area contributed by atoms with Gasteiger partial charge in [0, 0.05) is 24.3 Å². The number of carbonyl (C=O) groups is 2. The van der Waals surface area contributed by atoms with Gasteiger partial charge in [0.25, 0.3) is 5.91 Å². The van der Waals surface area contributed by atoms with Crippen LogP contribution < -0.4 is 15.8 Å². The molecule has 2 aromatic carbocycles. The Kier molecular flexibility index (Phi) is 6.19. The summed E-state index contributed by atoms with van der Waals surface area (Å²) in [5, 5.41) is 2.68. The van der Waals surface area contributed by atoms with E-state index in [1.54, 1.807) is 12.1 Å². The third-order valence-electron chi connectivity index (χ3n) is 4.80. The molecule has 0 bridgehead atoms. The van der Waals surface area contributed by atoms with Crippen molar-refractivity contribution in [3.05, 3.63) is 53.6 Å². The number of carbonyl (C=O) groups excluding carboxylic acids is 2. The number of rotatable bonds is 6. The highest BCUT2D eigenvalue weighted by Gasteiger charge is 2.27. The van der Waals surface area contributed by atoms with Crippen LogP contribution in [0.1, 0.15) is 40.0 Å². The number of ether oxygens (including phenoxy) is 1. The molecule has 1 heterocycles. The number of methoxy groups -OCH3 is 1. The number of hydrogen-bond acceptors (Lipinski definition) is 5. The van der Waals surface area contributed by atoms with E-state index in [9.17, 15) is 18.0 Å². The number of benzene rings is 2. The summed E-state index contributed by atoms with van der Waals surface area (Å²) in [5.74, 6) is -0.835. The summed E-state index contributed by atoms with van der Waals surface area (Å²) in [6.07, 6.45) is 2.66. The Labute approximate surface area is 169 Å². The smallest absolute Gasteiger partial charge is 0.259 e. The topological polar surface area (TPSA) is 119 Å². The lowest BCUT2D eigenvalue weighted by molar-refractivity contribution is 0.0998. The second-order valence-electron chi connectivity index (χ2n) is 6.72. The summed E-state index contributed by atoms with van der Waals surface area (Å²) in [4.78, 5) is 24.0. The molecule has 2 amide bonds. The number of nitrogens with zero attached hydrogens (tertiary/aromatic N) is 1. The summed E-state index contributed by atoms with van der Waals surface area (Å²) in [7, 11) is -2.28. The fourth-order valence-corrected chi connectivity index (χ4v) is 4.74. The molecule has 2 aromatic rings. The Balaban J connectivity index is 1.88. The number of piperidine rings is 1. The summed E-state index contributed by atoms with van der Waals surface area (Å²) in [6.45, 7) is 0.949. The SMILES string of the molecule is COc1ccc(S(=O)(=O)N2CCCCC2)cc1C(=O)Nc1ccc(C(N)=O)cc1. The molecule has 0 unspecified atom stereocenters. The average Bonchev–Trinajstić information content (AvgIpc) is 2.74. The van der Waals surface area contributed by atoms with E-state index < -0.39 is 21.8 Å². The molecule has 8 nitrogen and oxygen atoms in total. The molecule has 1 aliphatic rings. The molecule has 3 N–H and O–H groups in total. The average molecular weight is 417 g/mol. The number of nitrogens with two attached hydrogens (primary N) is 1. The van der Waals surface area contributed by atoms with Gasteiger partial charge in [0.15, 0.2) is 0 Å². The second kappa shape index (κ2) is 8.62. The minimum absolute atomic E-state index is 0.0504. The van der Waals surface area contributed by atoms with Crippen molar-refractivity contribution < 1.29 is 22.7 Å². The Morgan fingerprint density at radius 1 is 1.03 bits per heavy atom. The molecule has 154 valence electrons. The van der Waals surface area contributed by atoms with Crippen LogP contribution in [-0.2, 0) is 10.0 Å². The molecule has 0 aromatic heterocycles. The van der Waals surface area contributed by atoms with Crippen LogP contribution >= 0.6 is 0 Å². The van der Waals surface area contributed by atoms with Crippen molar-refractivity contribution in [2.24, 2.45) is 5.73 Å². The van der Waals surface area contributed by atoms with Gasteiger partial charge in [0.05, 0.1) is 17.6 Å². The molecule has 1 fully saturated rings. The molecular weight excluding hydrogens is 394 g/mol. The first-order chi connectivity index (χ1) is 13.8. The van der Waals surface area contributed by atoms with Crippen molar-refractivity contribution in [3.63, 3.8) is 0 Å². The predicted octanol–water partition coefficient (Wildman–Crippen LogP) is 2.22. The van der Waals surface area contributed by atoms with Crippen molar-refractivity contribution in [2.75, 3.05) is 25.5 Å². The minimum atomic E-state index is -3.68. The van der Waals surface area contributed by atoms with Gasteiger partial charge >= 0.3 is 0 Å². The first kappa shape index (κ1) is 20.8. The number of anilines is 1. The van der Waals surface area contributed by atoms with Crippen molar-refractivity contribution >= 4 is 27.5 Å². The molecule has 0 aliphatic carbocycles. The molecule has 3 rings (SSSR count). The van der Waals surface area contributed by atoms with Crippen LogP contribution in [0.4, 0.5) is 5.69 Å². The highest BCUT2D eigenvalue weighted by Crippen LogP contribution is 2.27. The van der Waals surface area contributed by atoms with Crippen LogP contribution in [0.3, 0.4) is 0 Å². The van der Waals surface area contributed by atoms with Gasteiger partial charge in [0.1, 0.15) is 5.75 Å². The normalized spacial score (nSPS) is 14.9. The van der Waals surface area contributed by atoms with E-state index >= 15 is 0 Å². The second-order valence-corrected chi connectivity index (χ2v) is 8.66. The molecule has 0 radical (unpaired) electrons. The van der Waals surface area contributed by atoms with E-state index in [1.165, 1.54) is 41.7 Å². The van der Waals surface area contributed by atoms with Crippen LogP contribution in [0, 0.1) is 0 Å². The van der Waals surface area contributed by atoms with Crippen LogP contribution in [0.15, 0.2) is 47.4 Å². The van der Waals surface area contributed by atoms with E-state index in [0.717, 1.165) is 19.3 Å². The Morgan fingerprint density at radius 3 is 2.28 bits per heavy atom. The summed E-state index contributed by atoms with van der Waals surface area (Å²) in [6, 6.07) is 10.3. The summed E-state index contributed by atoms with van der Waals surface area (Å²) < 4.78 is 32.5. The van der Waals surface area contributed by atoms with Gasteiger partial charge in [-0.3, -0.25) is 9.59 Å². The first-order valence-electron chi connectivity index (χ1n) is 9.22. The number of sulfonamides is 1. The van der Waals surface area contributed by atoms with E-state index in [-0.39, 0.29) is 16.2 Å². The zero-order chi connectivity index (χ0) is 21.0. The molecule has 1 saturated heterocycles. The molecule has 1 aliphatic heterocycles. The van der Waals surface area contributed by atoms with Crippen LogP contribution in [0.2, 0.25) is 0 Å². The molecule has 29 heavy (non-hydrogen) atoms. The van der Waals surface area contributed by atoms with Gasteiger partial charge in [-0.1, -0.05) is 6.42 Å². The van der Waals surface area contributed by atoms with Crippen molar-refractivity contribution in [3.8, 4) is 5.75 Å². The van der Waals surface area contributed by atoms with E-state index in [1.807, 2.05) is 0 Å². The van der Waals surface area contributed by atoms with Gasteiger partial charge < -0.3 is 15.8 Å². The van der Waals surface area contributed by atoms with Gasteiger partial charge in [0.2, 0.25) is 15.9 Å². The van der Waals surface area contributed by atoms with E-state index in [2.05, 4.69) is 5.32 Å². The Bertz CT molecular complexity index is 1010. The zero-order valence-electron chi connectivity index (χ0n) is 16.1. The molecular formula is C20H23N3O5S. The number of nitrogens with one attached hydrogen (secondary N) is 1. The van der Waals surface area contributed by atoms with Gasteiger partial charge in [-0.2, -0.15) is 4.31 Å². The largest absolute Gasteiger partial charge is 0.496 e. The lowest BCUT2D eigenvalue weighted by Gasteiger charge is -2.26. The van der Waals surface area contributed by atoms with Crippen LogP contribution in [0.5, 0.6) is 5.75 Å². The third-order valence-corrected chi connectivity index (χ3v) is 6.69. The highest BCUT2D eigenvalue weighted by molar-refractivity contribution is 7.89. The molecule has 0 saturated carbocycles. The van der Waals surface area contributed by atoms with Gasteiger partial charge in [-0.25, -0.2) is 8.42 Å². The zero-order valence-corrected chi connectivity index (χ0v) is 16.9. The summed E-state index contributed by atoms with van der Waals surface area (Å²) >= 11 is 0. The highest BCUT2D eigenvalue weighted by atomic mass is 32.2. The van der Waals surface area contributed by atoms with Crippen LogP contribution in [-0.4, -0.2) is 44.7 Å². The van der Waals surface area contributed by atoms with Gasteiger partial charge in [-0.05, 0) is 55.3 Å².